The van der Waals surface area contributed by atoms with Gasteiger partial charge in [0.25, 0.3) is 11.6 Å². The maximum Gasteiger partial charge on any atom is 0.271 e. The van der Waals surface area contributed by atoms with Crippen molar-refractivity contribution in [3.63, 3.8) is 0 Å². The normalized spacial score (nSPS) is 15.8. The average molecular weight is 610 g/mol. The standard InChI is InChI=1S/C16H8I2N2O4S2/c17-11-4-8(5-12(18)14(11)21)6-13-15(22)19(16(25)26-13)9-2-1-3-10(7-9)20(23)24/h1-7,21H/b13-6-. The molecule has 6 nitrogen and oxygen atoms in total. The zero-order valence-electron chi connectivity index (χ0n) is 12.7. The minimum Gasteiger partial charge on any atom is -0.506 e. The van der Waals surface area contributed by atoms with Gasteiger partial charge in [-0.15, -0.1) is 0 Å². The second kappa shape index (κ2) is 7.78. The van der Waals surface area contributed by atoms with E-state index in [1.54, 1.807) is 24.3 Å². The summed E-state index contributed by atoms with van der Waals surface area (Å²) in [6.07, 6.45) is 1.69. The summed E-state index contributed by atoms with van der Waals surface area (Å²) in [5.41, 5.74) is 1.01. The van der Waals surface area contributed by atoms with E-state index in [-0.39, 0.29) is 17.3 Å². The van der Waals surface area contributed by atoms with E-state index in [1.165, 1.54) is 23.1 Å². The topological polar surface area (TPSA) is 83.7 Å². The molecule has 0 unspecified atom stereocenters. The molecule has 0 aliphatic carbocycles. The number of phenolic OH excluding ortho intramolecular Hbond substituents is 1. The van der Waals surface area contributed by atoms with Crippen LogP contribution in [0.3, 0.4) is 0 Å². The van der Waals surface area contributed by atoms with Crippen molar-refractivity contribution >= 4 is 96.8 Å². The van der Waals surface area contributed by atoms with Crippen LogP contribution in [-0.2, 0) is 4.79 Å². The number of anilines is 1. The van der Waals surface area contributed by atoms with Crippen LogP contribution in [0.2, 0.25) is 0 Å². The Balaban J connectivity index is 1.97. The summed E-state index contributed by atoms with van der Waals surface area (Å²) in [7, 11) is 0. The first kappa shape index (κ1) is 19.5. The van der Waals surface area contributed by atoms with Gasteiger partial charge in [-0.2, -0.15) is 0 Å². The van der Waals surface area contributed by atoms with Gasteiger partial charge in [0.1, 0.15) is 5.75 Å². The Kier molecular flexibility index (Phi) is 5.84. The summed E-state index contributed by atoms with van der Waals surface area (Å²) < 4.78 is 1.66. The van der Waals surface area contributed by atoms with Crippen molar-refractivity contribution in [2.24, 2.45) is 0 Å². The largest absolute Gasteiger partial charge is 0.506 e. The van der Waals surface area contributed by atoms with Crippen LogP contribution in [0.15, 0.2) is 41.3 Å². The highest BCUT2D eigenvalue weighted by atomic mass is 127. The van der Waals surface area contributed by atoms with Gasteiger partial charge in [0, 0.05) is 12.1 Å². The zero-order chi connectivity index (χ0) is 19.0. The van der Waals surface area contributed by atoms with Crippen LogP contribution in [0.4, 0.5) is 11.4 Å². The molecule has 1 heterocycles. The molecular weight excluding hydrogens is 602 g/mol. The predicted octanol–water partition coefficient (Wildman–Crippen LogP) is 4.92. The number of nitrogens with zero attached hydrogens (tertiary/aromatic N) is 2. The summed E-state index contributed by atoms with van der Waals surface area (Å²) in [6.45, 7) is 0. The van der Waals surface area contributed by atoms with Gasteiger partial charge in [0.2, 0.25) is 0 Å². The number of thiocarbonyl (C=S) groups is 1. The lowest BCUT2D eigenvalue weighted by molar-refractivity contribution is -0.384. The van der Waals surface area contributed by atoms with E-state index in [0.717, 1.165) is 17.3 Å². The number of phenols is 1. The molecule has 3 rings (SSSR count). The maximum atomic E-state index is 12.8. The molecule has 1 aliphatic heterocycles. The number of hydrogen-bond acceptors (Lipinski definition) is 6. The number of nitro groups is 1. The number of non-ortho nitro benzene ring substituents is 1. The fraction of sp³-hybridized carbons (Fsp3) is 0. The summed E-state index contributed by atoms with van der Waals surface area (Å²) in [4.78, 5) is 24.9. The molecule has 1 N–H and O–H groups in total. The lowest BCUT2D eigenvalue weighted by atomic mass is 10.2. The Morgan fingerprint density at radius 3 is 2.50 bits per heavy atom. The first-order valence-electron chi connectivity index (χ1n) is 6.98. The van der Waals surface area contributed by atoms with Crippen LogP contribution in [-0.4, -0.2) is 20.3 Å². The third-order valence-electron chi connectivity index (χ3n) is 3.43. The van der Waals surface area contributed by atoms with E-state index in [2.05, 4.69) is 0 Å². The minimum atomic E-state index is -0.517. The number of amides is 1. The smallest absolute Gasteiger partial charge is 0.271 e. The molecule has 0 radical (unpaired) electrons. The Morgan fingerprint density at radius 1 is 1.23 bits per heavy atom. The van der Waals surface area contributed by atoms with Gasteiger partial charge in [-0.3, -0.25) is 19.8 Å². The van der Waals surface area contributed by atoms with Crippen molar-refractivity contribution in [3.05, 3.63) is 64.1 Å². The Morgan fingerprint density at radius 2 is 1.88 bits per heavy atom. The molecule has 0 atom stereocenters. The highest BCUT2D eigenvalue weighted by Gasteiger charge is 2.34. The average Bonchev–Trinajstić information content (AvgIpc) is 2.86. The molecule has 1 fully saturated rings. The lowest BCUT2D eigenvalue weighted by Gasteiger charge is -2.13. The minimum absolute atomic E-state index is 0.108. The first-order valence-corrected chi connectivity index (χ1v) is 10.4. The van der Waals surface area contributed by atoms with Crippen LogP contribution < -0.4 is 4.90 Å². The summed E-state index contributed by atoms with van der Waals surface area (Å²) in [6, 6.07) is 9.32. The molecule has 132 valence electrons. The van der Waals surface area contributed by atoms with E-state index >= 15 is 0 Å². The van der Waals surface area contributed by atoms with Crippen molar-refractivity contribution in [3.8, 4) is 5.75 Å². The summed E-state index contributed by atoms with van der Waals surface area (Å²) in [5, 5.41) is 20.8. The Hall–Kier alpha value is -1.25. The number of halogens is 2. The van der Waals surface area contributed by atoms with E-state index in [4.69, 9.17) is 12.2 Å². The molecule has 26 heavy (non-hydrogen) atoms. The maximum absolute atomic E-state index is 12.8. The van der Waals surface area contributed by atoms with Gasteiger partial charge in [-0.05, 0) is 75.0 Å². The fourth-order valence-corrected chi connectivity index (χ4v) is 5.37. The van der Waals surface area contributed by atoms with Crippen LogP contribution in [0.1, 0.15) is 5.56 Å². The molecule has 10 heteroatoms. The monoisotopic (exact) mass is 610 g/mol. The van der Waals surface area contributed by atoms with Crippen LogP contribution >= 0.6 is 69.2 Å². The molecule has 1 aliphatic rings. The number of benzene rings is 2. The Bertz CT molecular complexity index is 971. The van der Waals surface area contributed by atoms with Gasteiger partial charge in [0.05, 0.1) is 22.7 Å². The molecule has 2 aromatic carbocycles. The van der Waals surface area contributed by atoms with Crippen LogP contribution in [0, 0.1) is 17.3 Å². The second-order valence-electron chi connectivity index (χ2n) is 5.13. The van der Waals surface area contributed by atoms with Gasteiger partial charge in [-0.1, -0.05) is 30.0 Å². The number of thioether (sulfide) groups is 1. The summed E-state index contributed by atoms with van der Waals surface area (Å²) >= 11 is 10.5. The predicted molar refractivity (Wildman–Crippen MR) is 122 cm³/mol. The number of rotatable bonds is 3. The van der Waals surface area contributed by atoms with E-state index in [0.29, 0.717) is 22.1 Å². The van der Waals surface area contributed by atoms with E-state index in [9.17, 15) is 20.0 Å². The van der Waals surface area contributed by atoms with Crippen molar-refractivity contribution < 1.29 is 14.8 Å². The van der Waals surface area contributed by atoms with Crippen molar-refractivity contribution in [1.82, 2.24) is 0 Å². The highest BCUT2D eigenvalue weighted by molar-refractivity contribution is 14.1. The van der Waals surface area contributed by atoms with Crippen LogP contribution in [0.25, 0.3) is 6.08 Å². The molecule has 2 aromatic rings. The van der Waals surface area contributed by atoms with Gasteiger partial charge < -0.3 is 5.11 Å². The summed E-state index contributed by atoms with van der Waals surface area (Å²) in [5.74, 6) is -0.133. The molecule has 1 saturated heterocycles. The Labute approximate surface area is 185 Å². The zero-order valence-corrected chi connectivity index (χ0v) is 18.6. The van der Waals surface area contributed by atoms with Crippen LogP contribution in [0.5, 0.6) is 5.75 Å². The molecule has 0 saturated carbocycles. The van der Waals surface area contributed by atoms with Gasteiger partial charge >= 0.3 is 0 Å². The van der Waals surface area contributed by atoms with Crippen molar-refractivity contribution in [2.75, 3.05) is 4.90 Å². The van der Waals surface area contributed by atoms with Gasteiger partial charge in [0.15, 0.2) is 4.32 Å². The van der Waals surface area contributed by atoms with E-state index in [1.807, 2.05) is 45.2 Å². The first-order chi connectivity index (χ1) is 12.3. The number of hydrogen-bond donors (Lipinski definition) is 1. The molecular formula is C16H8I2N2O4S2. The second-order valence-corrected chi connectivity index (χ2v) is 9.13. The number of carbonyl (C=O) groups is 1. The SMILES string of the molecule is O=C1/C(=C/c2cc(I)c(O)c(I)c2)SC(=S)N1c1cccc([N+](=O)[O-])c1. The molecule has 0 spiro atoms. The number of carbonyl (C=O) groups excluding carboxylic acids is 1. The third kappa shape index (κ3) is 3.87. The highest BCUT2D eigenvalue weighted by Crippen LogP contribution is 2.37. The van der Waals surface area contributed by atoms with Crippen molar-refractivity contribution in [2.45, 2.75) is 0 Å². The lowest BCUT2D eigenvalue weighted by Crippen LogP contribution is -2.27. The molecule has 0 bridgehead atoms. The quantitative estimate of drug-likeness (QED) is 0.175. The van der Waals surface area contributed by atoms with Crippen molar-refractivity contribution in [1.29, 1.82) is 0 Å². The van der Waals surface area contributed by atoms with E-state index < -0.39 is 4.92 Å². The van der Waals surface area contributed by atoms with Gasteiger partial charge in [-0.25, -0.2) is 0 Å². The third-order valence-corrected chi connectivity index (χ3v) is 6.38. The fourth-order valence-electron chi connectivity index (χ4n) is 2.26. The molecule has 0 aromatic heterocycles. The number of aromatic hydroxyl groups is 1. The molecule has 1 amide bonds. The number of nitro benzene ring substituents is 1.